The van der Waals surface area contributed by atoms with Crippen molar-refractivity contribution < 1.29 is 13.2 Å². The first-order valence-electron chi connectivity index (χ1n) is 9.74. The number of hydrogen-bond donors (Lipinski definition) is 0. The monoisotopic (exact) mass is 441 g/mol. The SMILES string of the molecule is CN(CCc1ccccn1)C(=O)C1Cc2ccccc2CN1S(=O)(=O)c1cccs1. The van der Waals surface area contributed by atoms with Crippen molar-refractivity contribution in [3.8, 4) is 0 Å². The van der Waals surface area contributed by atoms with Crippen molar-refractivity contribution in [3.63, 3.8) is 0 Å². The molecule has 2 aromatic heterocycles. The van der Waals surface area contributed by atoms with Gasteiger partial charge in [-0.15, -0.1) is 11.3 Å². The molecule has 156 valence electrons. The Balaban J connectivity index is 1.60. The Morgan fingerprint density at radius 2 is 1.90 bits per heavy atom. The van der Waals surface area contributed by atoms with Crippen LogP contribution in [0.4, 0.5) is 0 Å². The average molecular weight is 442 g/mol. The maximum absolute atomic E-state index is 13.4. The molecule has 8 heteroatoms. The first kappa shape index (κ1) is 20.7. The smallest absolute Gasteiger partial charge is 0.253 e. The van der Waals surface area contributed by atoms with Crippen molar-refractivity contribution in [2.75, 3.05) is 13.6 Å². The Bertz CT molecular complexity index is 1120. The Morgan fingerprint density at radius 1 is 1.13 bits per heavy atom. The molecule has 0 fully saturated rings. The van der Waals surface area contributed by atoms with Crippen LogP contribution in [0.1, 0.15) is 16.8 Å². The summed E-state index contributed by atoms with van der Waals surface area (Å²) in [4.78, 5) is 19.3. The summed E-state index contributed by atoms with van der Waals surface area (Å²) in [5.74, 6) is -0.194. The minimum Gasteiger partial charge on any atom is -0.344 e. The number of carbonyl (C=O) groups excluding carboxylic acids is 1. The molecule has 6 nitrogen and oxygen atoms in total. The molecule has 1 atom stereocenters. The number of nitrogens with zero attached hydrogens (tertiary/aromatic N) is 3. The molecule has 1 aliphatic rings. The lowest BCUT2D eigenvalue weighted by atomic mass is 9.95. The number of thiophene rings is 1. The molecule has 0 bridgehead atoms. The minimum atomic E-state index is -3.76. The topological polar surface area (TPSA) is 70.6 Å². The zero-order chi connectivity index (χ0) is 21.1. The number of carbonyl (C=O) groups is 1. The first-order valence-corrected chi connectivity index (χ1v) is 12.1. The fraction of sp³-hybridized carbons (Fsp3) is 0.273. The van der Waals surface area contributed by atoms with Gasteiger partial charge in [0, 0.05) is 38.4 Å². The third-order valence-corrected chi connectivity index (χ3v) is 8.58. The van der Waals surface area contributed by atoms with E-state index in [9.17, 15) is 13.2 Å². The number of sulfonamides is 1. The van der Waals surface area contributed by atoms with Gasteiger partial charge in [-0.25, -0.2) is 8.42 Å². The Kier molecular flexibility index (Phi) is 5.99. The molecule has 30 heavy (non-hydrogen) atoms. The zero-order valence-electron chi connectivity index (χ0n) is 16.6. The van der Waals surface area contributed by atoms with E-state index in [1.165, 1.54) is 15.6 Å². The average Bonchev–Trinajstić information content (AvgIpc) is 3.33. The van der Waals surface area contributed by atoms with Gasteiger partial charge in [-0.3, -0.25) is 9.78 Å². The minimum absolute atomic E-state index is 0.194. The first-order chi connectivity index (χ1) is 14.5. The summed E-state index contributed by atoms with van der Waals surface area (Å²) in [6.45, 7) is 0.668. The highest BCUT2D eigenvalue weighted by Crippen LogP contribution is 2.31. The van der Waals surface area contributed by atoms with Crippen LogP contribution in [0.5, 0.6) is 0 Å². The van der Waals surface area contributed by atoms with Crippen LogP contribution in [0, 0.1) is 0 Å². The molecule has 3 heterocycles. The number of fused-ring (bicyclic) bond motifs is 1. The lowest BCUT2D eigenvalue weighted by molar-refractivity contribution is -0.134. The maximum Gasteiger partial charge on any atom is 0.253 e. The highest BCUT2D eigenvalue weighted by Gasteiger charge is 2.40. The van der Waals surface area contributed by atoms with Crippen molar-refractivity contribution in [1.29, 1.82) is 0 Å². The van der Waals surface area contributed by atoms with Gasteiger partial charge in [-0.1, -0.05) is 36.4 Å². The van der Waals surface area contributed by atoms with Crippen molar-refractivity contribution >= 4 is 27.3 Å². The summed E-state index contributed by atoms with van der Waals surface area (Å²) >= 11 is 1.17. The van der Waals surface area contributed by atoms with E-state index < -0.39 is 16.1 Å². The lowest BCUT2D eigenvalue weighted by Gasteiger charge is -2.36. The summed E-state index contributed by atoms with van der Waals surface area (Å²) in [5.41, 5.74) is 2.86. The summed E-state index contributed by atoms with van der Waals surface area (Å²) < 4.78 is 28.3. The number of amides is 1. The fourth-order valence-electron chi connectivity index (χ4n) is 3.68. The van der Waals surface area contributed by atoms with E-state index in [1.807, 2.05) is 42.5 Å². The van der Waals surface area contributed by atoms with Gasteiger partial charge >= 0.3 is 0 Å². The predicted molar refractivity (Wildman–Crippen MR) is 117 cm³/mol. The van der Waals surface area contributed by atoms with Gasteiger partial charge in [0.15, 0.2) is 0 Å². The third-order valence-electron chi connectivity index (χ3n) is 5.35. The van der Waals surface area contributed by atoms with Crippen molar-refractivity contribution in [3.05, 3.63) is 83.0 Å². The summed E-state index contributed by atoms with van der Waals surface area (Å²) in [5, 5.41) is 1.74. The second-order valence-electron chi connectivity index (χ2n) is 7.30. The summed E-state index contributed by atoms with van der Waals surface area (Å²) in [6.07, 6.45) is 2.71. The van der Waals surface area contributed by atoms with E-state index in [4.69, 9.17) is 0 Å². The molecule has 0 aliphatic carbocycles. The summed E-state index contributed by atoms with van der Waals surface area (Å²) in [7, 11) is -2.04. The number of aromatic nitrogens is 1. The van der Waals surface area contributed by atoms with E-state index in [1.54, 1.807) is 35.7 Å². The molecule has 0 saturated carbocycles. The van der Waals surface area contributed by atoms with Gasteiger partial charge in [0.1, 0.15) is 10.3 Å². The van der Waals surface area contributed by atoms with E-state index in [2.05, 4.69) is 4.98 Å². The lowest BCUT2D eigenvalue weighted by Crippen LogP contribution is -2.52. The fourth-order valence-corrected chi connectivity index (χ4v) is 6.36. The van der Waals surface area contributed by atoms with E-state index >= 15 is 0 Å². The third kappa shape index (κ3) is 4.16. The van der Waals surface area contributed by atoms with Gasteiger partial charge in [-0.2, -0.15) is 4.31 Å². The van der Waals surface area contributed by atoms with Crippen LogP contribution in [0.15, 0.2) is 70.4 Å². The largest absolute Gasteiger partial charge is 0.344 e. The van der Waals surface area contributed by atoms with Gasteiger partial charge in [0.25, 0.3) is 10.0 Å². The number of hydrogen-bond acceptors (Lipinski definition) is 5. The molecule has 0 spiro atoms. The Labute approximate surface area is 180 Å². The van der Waals surface area contributed by atoms with Crippen molar-refractivity contribution in [2.24, 2.45) is 0 Å². The second kappa shape index (κ2) is 8.67. The van der Waals surface area contributed by atoms with E-state index in [0.717, 1.165) is 16.8 Å². The predicted octanol–water partition coefficient (Wildman–Crippen LogP) is 2.96. The molecule has 3 aromatic rings. The molecule has 1 amide bonds. The molecular formula is C22H23N3O3S2. The molecule has 4 rings (SSSR count). The summed E-state index contributed by atoms with van der Waals surface area (Å²) in [6, 6.07) is 15.9. The van der Waals surface area contributed by atoms with Crippen LogP contribution >= 0.6 is 11.3 Å². The molecule has 1 unspecified atom stereocenters. The highest BCUT2D eigenvalue weighted by molar-refractivity contribution is 7.91. The van der Waals surface area contributed by atoms with Crippen LogP contribution in [-0.4, -0.2) is 48.1 Å². The molecule has 0 saturated heterocycles. The van der Waals surface area contributed by atoms with Crippen molar-refractivity contribution in [2.45, 2.75) is 29.6 Å². The van der Waals surface area contributed by atoms with Crippen LogP contribution in [-0.2, 0) is 34.2 Å². The molecular weight excluding hydrogens is 418 g/mol. The van der Waals surface area contributed by atoms with Crippen LogP contribution < -0.4 is 0 Å². The maximum atomic E-state index is 13.4. The van der Waals surface area contributed by atoms with Gasteiger partial charge in [0.2, 0.25) is 5.91 Å². The number of likely N-dealkylation sites (N-methyl/N-ethyl adjacent to an activating group) is 1. The van der Waals surface area contributed by atoms with Gasteiger partial charge in [-0.05, 0) is 41.1 Å². The Morgan fingerprint density at radius 3 is 2.60 bits per heavy atom. The van der Waals surface area contributed by atoms with Gasteiger partial charge in [0.05, 0.1) is 0 Å². The number of rotatable bonds is 6. The van der Waals surface area contributed by atoms with Crippen LogP contribution in [0.25, 0.3) is 0 Å². The number of benzene rings is 1. The molecule has 1 aliphatic heterocycles. The zero-order valence-corrected chi connectivity index (χ0v) is 18.3. The van der Waals surface area contributed by atoms with Crippen molar-refractivity contribution in [1.82, 2.24) is 14.2 Å². The quantitative estimate of drug-likeness (QED) is 0.590. The second-order valence-corrected chi connectivity index (χ2v) is 10.4. The molecule has 0 N–H and O–H groups in total. The van der Waals surface area contributed by atoms with E-state index in [0.29, 0.717) is 19.4 Å². The number of pyridine rings is 1. The standard InChI is InChI=1S/C22H23N3O3S2/c1-24(13-11-19-9-4-5-12-23-19)22(26)20-15-17-7-2-3-8-18(17)16-25(20)30(27,28)21-10-6-14-29-21/h2-10,12,14,20H,11,13,15-16H2,1H3. The van der Waals surface area contributed by atoms with E-state index in [-0.39, 0.29) is 16.7 Å². The normalized spacial score (nSPS) is 16.8. The van der Waals surface area contributed by atoms with Crippen LogP contribution in [0.3, 0.4) is 0 Å². The molecule has 1 aromatic carbocycles. The van der Waals surface area contributed by atoms with Crippen LogP contribution in [0.2, 0.25) is 0 Å². The molecule has 0 radical (unpaired) electrons. The highest BCUT2D eigenvalue weighted by atomic mass is 32.2. The Hall–Kier alpha value is -2.55. The van der Waals surface area contributed by atoms with Gasteiger partial charge < -0.3 is 4.90 Å².